The maximum atomic E-state index is 2.49. The van der Waals surface area contributed by atoms with Crippen LogP contribution < -0.4 is 0 Å². The minimum atomic E-state index is 1.17. The van der Waals surface area contributed by atoms with Gasteiger partial charge >= 0.3 is 0 Å². The van der Waals surface area contributed by atoms with E-state index in [0.29, 0.717) is 0 Å². The van der Waals surface area contributed by atoms with Gasteiger partial charge in [-0.05, 0) is 65.7 Å². The third-order valence-corrected chi connectivity index (χ3v) is 11.5. The standard InChI is InChI=1S/C46H28N2S/c1-2-12-31(13-3-1)47-40-19-9-6-14-32(40)35-24-22-30(27-43(35)47)29-23-25-42-38(26-29)34-16-7-10-20-41(34)48(42)44-28-39-36-17-8-11-21-45(36)49-46(39)37-18-5-4-15-33(37)44/h1-28H. The molecular formula is C46H28N2S. The normalized spacial score (nSPS) is 12.1. The topological polar surface area (TPSA) is 9.86 Å². The number of nitrogens with zero attached hydrogens (tertiary/aromatic N) is 2. The Hall–Kier alpha value is -6.16. The van der Waals surface area contributed by atoms with Crippen LogP contribution in [0.25, 0.3) is 97.1 Å². The van der Waals surface area contributed by atoms with Crippen molar-refractivity contribution in [3.8, 4) is 22.5 Å². The highest BCUT2D eigenvalue weighted by atomic mass is 32.1. The molecule has 228 valence electrons. The fourth-order valence-corrected chi connectivity index (χ4v) is 9.35. The second kappa shape index (κ2) is 10.2. The zero-order valence-electron chi connectivity index (χ0n) is 26.5. The lowest BCUT2D eigenvalue weighted by Gasteiger charge is -2.13. The van der Waals surface area contributed by atoms with Crippen molar-refractivity contribution in [1.82, 2.24) is 9.13 Å². The molecule has 0 saturated carbocycles. The molecule has 0 amide bonds. The Bertz CT molecular complexity index is 3100. The van der Waals surface area contributed by atoms with Crippen LogP contribution in [0, 0.1) is 0 Å². The molecule has 0 fully saturated rings. The molecule has 0 unspecified atom stereocenters. The number of thiophene rings is 1. The summed E-state index contributed by atoms with van der Waals surface area (Å²) in [5.41, 5.74) is 9.70. The lowest BCUT2D eigenvalue weighted by Crippen LogP contribution is -1.95. The van der Waals surface area contributed by atoms with Gasteiger partial charge in [0.15, 0.2) is 0 Å². The van der Waals surface area contributed by atoms with E-state index < -0.39 is 0 Å². The Morgan fingerprint density at radius 2 is 0.898 bits per heavy atom. The quantitative estimate of drug-likeness (QED) is 0.182. The Morgan fingerprint density at radius 3 is 1.71 bits per heavy atom. The number of para-hydroxylation sites is 3. The second-order valence-electron chi connectivity index (χ2n) is 12.9. The first-order valence-electron chi connectivity index (χ1n) is 16.8. The van der Waals surface area contributed by atoms with Crippen LogP contribution in [0.5, 0.6) is 0 Å². The second-order valence-corrected chi connectivity index (χ2v) is 14.0. The van der Waals surface area contributed by atoms with E-state index in [-0.39, 0.29) is 0 Å². The fourth-order valence-electron chi connectivity index (χ4n) is 8.13. The van der Waals surface area contributed by atoms with Gasteiger partial charge in [-0.2, -0.15) is 0 Å². The van der Waals surface area contributed by atoms with Gasteiger partial charge in [0.25, 0.3) is 0 Å². The van der Waals surface area contributed by atoms with E-state index in [1.54, 1.807) is 0 Å². The van der Waals surface area contributed by atoms with E-state index in [2.05, 4.69) is 179 Å². The van der Waals surface area contributed by atoms with Crippen molar-refractivity contribution in [3.63, 3.8) is 0 Å². The average molecular weight is 641 g/mol. The molecule has 8 aromatic carbocycles. The number of rotatable bonds is 3. The van der Waals surface area contributed by atoms with E-state index in [1.807, 2.05) is 11.3 Å². The smallest absolute Gasteiger partial charge is 0.0547 e. The first-order chi connectivity index (χ1) is 24.3. The molecule has 3 aromatic heterocycles. The van der Waals surface area contributed by atoms with E-state index in [1.165, 1.54) is 97.1 Å². The number of benzene rings is 8. The third kappa shape index (κ3) is 3.82. The molecule has 0 aliphatic heterocycles. The van der Waals surface area contributed by atoms with E-state index in [9.17, 15) is 0 Å². The van der Waals surface area contributed by atoms with Crippen LogP contribution >= 0.6 is 11.3 Å². The summed E-state index contributed by atoms with van der Waals surface area (Å²) >= 11 is 1.89. The maximum Gasteiger partial charge on any atom is 0.0547 e. The van der Waals surface area contributed by atoms with Crippen molar-refractivity contribution in [3.05, 3.63) is 170 Å². The van der Waals surface area contributed by atoms with Gasteiger partial charge in [-0.1, -0.05) is 115 Å². The molecule has 3 heteroatoms. The van der Waals surface area contributed by atoms with Crippen molar-refractivity contribution in [2.45, 2.75) is 0 Å². The molecular weight excluding hydrogens is 613 g/mol. The molecule has 0 atom stereocenters. The van der Waals surface area contributed by atoms with Crippen molar-refractivity contribution >= 4 is 85.9 Å². The lowest BCUT2D eigenvalue weighted by molar-refractivity contribution is 1.18. The van der Waals surface area contributed by atoms with Gasteiger partial charge in [0, 0.05) is 58.2 Å². The van der Waals surface area contributed by atoms with Crippen LogP contribution in [-0.4, -0.2) is 9.13 Å². The first kappa shape index (κ1) is 26.9. The van der Waals surface area contributed by atoms with Crippen molar-refractivity contribution in [1.29, 1.82) is 0 Å². The Labute approximate surface area is 286 Å². The SMILES string of the molecule is c1ccc(-n2c3ccccc3c3ccc(-c4ccc5c(c4)c4ccccc4n5-c4cc5c6ccccc6sc5c5ccccc45)cc32)cc1. The molecule has 0 saturated heterocycles. The molecule has 11 rings (SSSR count). The summed E-state index contributed by atoms with van der Waals surface area (Å²) in [6, 6.07) is 62.4. The summed E-state index contributed by atoms with van der Waals surface area (Å²) in [4.78, 5) is 0. The molecule has 2 nitrogen and oxygen atoms in total. The summed E-state index contributed by atoms with van der Waals surface area (Å²) < 4.78 is 7.56. The van der Waals surface area contributed by atoms with Crippen LogP contribution in [0.2, 0.25) is 0 Å². The predicted octanol–water partition coefficient (Wildman–Crippen LogP) is 13.1. The molecule has 0 aliphatic carbocycles. The Morgan fingerprint density at radius 1 is 0.327 bits per heavy atom. The predicted molar refractivity (Wildman–Crippen MR) is 211 cm³/mol. The zero-order chi connectivity index (χ0) is 32.1. The monoisotopic (exact) mass is 640 g/mol. The lowest BCUT2D eigenvalue weighted by atomic mass is 10.0. The van der Waals surface area contributed by atoms with Crippen LogP contribution in [0.1, 0.15) is 0 Å². The molecule has 0 bridgehead atoms. The number of hydrogen-bond acceptors (Lipinski definition) is 1. The number of hydrogen-bond donors (Lipinski definition) is 0. The summed E-state index contributed by atoms with van der Waals surface area (Å²) in [5, 5.41) is 10.3. The van der Waals surface area contributed by atoms with Crippen molar-refractivity contribution in [2.24, 2.45) is 0 Å². The summed E-state index contributed by atoms with van der Waals surface area (Å²) in [5.74, 6) is 0. The summed E-state index contributed by atoms with van der Waals surface area (Å²) in [6.45, 7) is 0. The first-order valence-corrected chi connectivity index (χ1v) is 17.6. The molecule has 0 N–H and O–H groups in total. The molecule has 0 spiro atoms. The van der Waals surface area contributed by atoms with Gasteiger partial charge in [0.2, 0.25) is 0 Å². The van der Waals surface area contributed by atoms with Gasteiger partial charge in [-0.3, -0.25) is 0 Å². The highest BCUT2D eigenvalue weighted by Gasteiger charge is 2.19. The van der Waals surface area contributed by atoms with Crippen LogP contribution in [0.3, 0.4) is 0 Å². The molecule has 49 heavy (non-hydrogen) atoms. The third-order valence-electron chi connectivity index (χ3n) is 10.3. The highest BCUT2D eigenvalue weighted by molar-refractivity contribution is 7.26. The summed E-state index contributed by atoms with van der Waals surface area (Å²) in [7, 11) is 0. The number of aromatic nitrogens is 2. The van der Waals surface area contributed by atoms with Gasteiger partial charge in [0.1, 0.15) is 0 Å². The molecule has 0 radical (unpaired) electrons. The molecule has 11 aromatic rings. The van der Waals surface area contributed by atoms with Gasteiger partial charge in [-0.25, -0.2) is 0 Å². The van der Waals surface area contributed by atoms with Gasteiger partial charge in [0.05, 0.1) is 27.8 Å². The largest absolute Gasteiger partial charge is 0.309 e. The highest BCUT2D eigenvalue weighted by Crippen LogP contribution is 2.44. The molecule has 0 aliphatic rings. The average Bonchev–Trinajstić information content (AvgIpc) is 3.82. The van der Waals surface area contributed by atoms with Crippen molar-refractivity contribution < 1.29 is 0 Å². The van der Waals surface area contributed by atoms with Crippen LogP contribution in [-0.2, 0) is 0 Å². The Balaban J connectivity index is 1.17. The van der Waals surface area contributed by atoms with Gasteiger partial charge < -0.3 is 9.13 Å². The van der Waals surface area contributed by atoms with Crippen molar-refractivity contribution in [2.75, 3.05) is 0 Å². The molecule has 3 heterocycles. The Kier molecular flexibility index (Phi) is 5.57. The van der Waals surface area contributed by atoms with E-state index >= 15 is 0 Å². The zero-order valence-corrected chi connectivity index (χ0v) is 27.3. The maximum absolute atomic E-state index is 2.49. The minimum absolute atomic E-state index is 1.17. The van der Waals surface area contributed by atoms with Gasteiger partial charge in [-0.15, -0.1) is 11.3 Å². The van der Waals surface area contributed by atoms with E-state index in [0.717, 1.165) is 0 Å². The number of fused-ring (bicyclic) bond motifs is 11. The van der Waals surface area contributed by atoms with E-state index in [4.69, 9.17) is 0 Å². The minimum Gasteiger partial charge on any atom is -0.309 e. The fraction of sp³-hybridized carbons (Fsp3) is 0. The summed E-state index contributed by atoms with van der Waals surface area (Å²) in [6.07, 6.45) is 0. The van der Waals surface area contributed by atoms with Crippen LogP contribution in [0.15, 0.2) is 170 Å². The van der Waals surface area contributed by atoms with Crippen LogP contribution in [0.4, 0.5) is 0 Å².